The summed E-state index contributed by atoms with van der Waals surface area (Å²) in [5.41, 5.74) is 3.17. The van der Waals surface area contributed by atoms with Gasteiger partial charge in [0.1, 0.15) is 5.75 Å². The molecule has 2 aromatic heterocycles. The Labute approximate surface area is 209 Å². The molecule has 0 spiro atoms. The number of methoxy groups -OCH3 is 1. The number of fused-ring (bicyclic) bond motifs is 1. The Morgan fingerprint density at radius 2 is 2.03 bits per heavy atom. The number of aromatic nitrogens is 3. The minimum atomic E-state index is -4.50. The summed E-state index contributed by atoms with van der Waals surface area (Å²) in [6.07, 6.45) is 1.63. The van der Waals surface area contributed by atoms with Gasteiger partial charge in [-0.3, -0.25) is 0 Å². The number of benzene rings is 2. The summed E-state index contributed by atoms with van der Waals surface area (Å²) in [6.45, 7) is 1.92. The highest BCUT2D eigenvalue weighted by Gasteiger charge is 2.35. The first-order valence-corrected chi connectivity index (χ1v) is 12.2. The maximum atomic E-state index is 13.4. The highest BCUT2D eigenvalue weighted by atomic mass is 35.5. The largest absolute Gasteiger partial charge is 0.494 e. The Kier molecular flexibility index (Phi) is 6.23. The average Bonchev–Trinajstić information content (AvgIpc) is 3.44. The lowest BCUT2D eigenvalue weighted by molar-refractivity contribution is -0.137. The normalized spacial score (nSPS) is 15.7. The van der Waals surface area contributed by atoms with Crippen LogP contribution in [0.5, 0.6) is 5.75 Å². The number of hydrogen-bond acceptors (Lipinski definition) is 5. The van der Waals surface area contributed by atoms with Crippen molar-refractivity contribution in [2.45, 2.75) is 38.3 Å². The Morgan fingerprint density at radius 1 is 1.20 bits per heavy atom. The molecule has 2 aromatic carbocycles. The minimum absolute atomic E-state index is 0.203. The van der Waals surface area contributed by atoms with Crippen LogP contribution in [0.3, 0.4) is 0 Å². The lowest BCUT2D eigenvalue weighted by Gasteiger charge is -2.22. The van der Waals surface area contributed by atoms with Gasteiger partial charge in [0.25, 0.3) is 0 Å². The number of imidazole rings is 1. The molecule has 0 saturated heterocycles. The van der Waals surface area contributed by atoms with Crippen molar-refractivity contribution in [2.24, 2.45) is 0 Å². The molecular formula is C25H22ClF3N4OS. The Hall–Kier alpha value is -3.04. The van der Waals surface area contributed by atoms with Crippen LogP contribution in [0.25, 0.3) is 5.69 Å². The van der Waals surface area contributed by atoms with Gasteiger partial charge in [0.2, 0.25) is 0 Å². The fourth-order valence-corrected chi connectivity index (χ4v) is 5.73. The van der Waals surface area contributed by atoms with Crippen molar-refractivity contribution in [3.05, 3.63) is 81.3 Å². The number of ether oxygens (including phenoxy) is 1. The summed E-state index contributed by atoms with van der Waals surface area (Å²) in [4.78, 5) is 10.1. The Balaban J connectivity index is 1.43. The maximum absolute atomic E-state index is 13.4. The van der Waals surface area contributed by atoms with Gasteiger partial charge >= 0.3 is 6.18 Å². The van der Waals surface area contributed by atoms with Gasteiger partial charge in [-0.05, 0) is 56.0 Å². The van der Waals surface area contributed by atoms with Crippen molar-refractivity contribution >= 4 is 33.8 Å². The van der Waals surface area contributed by atoms with E-state index in [0.29, 0.717) is 16.4 Å². The van der Waals surface area contributed by atoms with Crippen LogP contribution in [0.1, 0.15) is 46.2 Å². The molecule has 0 radical (unpaired) electrons. The van der Waals surface area contributed by atoms with E-state index in [2.05, 4.69) is 10.3 Å². The number of aryl methyl sites for hydroxylation is 2. The second kappa shape index (κ2) is 9.20. The van der Waals surface area contributed by atoms with E-state index < -0.39 is 11.7 Å². The third-order valence-electron chi connectivity index (χ3n) is 6.07. The maximum Gasteiger partial charge on any atom is 0.417 e. The SMILES string of the molecule is COc1cc(Nc2nc3c(s2)CCCC3c2ccc(Cl)c(C(F)(F)F)c2)ccc1-n1cnc(C)c1. The highest BCUT2D eigenvalue weighted by Crippen LogP contribution is 2.43. The fraction of sp³-hybridized carbons (Fsp3) is 0.280. The number of halogens is 4. The van der Waals surface area contributed by atoms with Crippen molar-refractivity contribution in [3.8, 4) is 11.4 Å². The smallest absolute Gasteiger partial charge is 0.417 e. The molecular weight excluding hydrogens is 497 g/mol. The second-order valence-corrected chi connectivity index (χ2v) is 9.93. The molecule has 35 heavy (non-hydrogen) atoms. The standard InChI is InChI=1S/C25H22ClF3N4OS/c1-14-12-33(13-30-14)20-9-7-16(11-21(20)34-2)31-24-32-23-17(4-3-5-22(23)35-24)15-6-8-19(26)18(10-15)25(27,28)29/h6-13,17H,3-5H2,1-2H3,(H,31,32). The molecule has 5 rings (SSSR count). The molecule has 0 amide bonds. The van der Waals surface area contributed by atoms with E-state index in [-0.39, 0.29) is 10.9 Å². The number of anilines is 2. The van der Waals surface area contributed by atoms with Crippen molar-refractivity contribution < 1.29 is 17.9 Å². The Morgan fingerprint density at radius 3 is 2.74 bits per heavy atom. The van der Waals surface area contributed by atoms with Crippen LogP contribution >= 0.6 is 22.9 Å². The number of thiazole rings is 1. The van der Waals surface area contributed by atoms with E-state index in [4.69, 9.17) is 21.3 Å². The molecule has 1 unspecified atom stereocenters. The average molecular weight is 519 g/mol. The number of rotatable bonds is 5. The van der Waals surface area contributed by atoms with Crippen LogP contribution in [-0.2, 0) is 12.6 Å². The predicted octanol–water partition coefficient (Wildman–Crippen LogP) is 7.53. The van der Waals surface area contributed by atoms with Crippen LogP contribution in [0, 0.1) is 6.92 Å². The van der Waals surface area contributed by atoms with Gasteiger partial charge in [-0.15, -0.1) is 11.3 Å². The van der Waals surface area contributed by atoms with Gasteiger partial charge in [-0.1, -0.05) is 17.7 Å². The highest BCUT2D eigenvalue weighted by molar-refractivity contribution is 7.15. The molecule has 4 aromatic rings. The van der Waals surface area contributed by atoms with Crippen LogP contribution < -0.4 is 10.1 Å². The first-order chi connectivity index (χ1) is 16.7. The minimum Gasteiger partial charge on any atom is -0.494 e. The lowest BCUT2D eigenvalue weighted by Crippen LogP contribution is -2.12. The van der Waals surface area contributed by atoms with Gasteiger partial charge in [-0.25, -0.2) is 9.97 Å². The van der Waals surface area contributed by atoms with E-state index in [1.165, 1.54) is 17.4 Å². The van der Waals surface area contributed by atoms with E-state index in [9.17, 15) is 13.2 Å². The van der Waals surface area contributed by atoms with Gasteiger partial charge in [0.05, 0.1) is 41.1 Å². The van der Waals surface area contributed by atoms with Gasteiger partial charge < -0.3 is 14.6 Å². The molecule has 1 aliphatic carbocycles. The number of nitrogens with zero attached hydrogens (tertiary/aromatic N) is 3. The van der Waals surface area contributed by atoms with Gasteiger partial charge in [0.15, 0.2) is 5.13 Å². The Bertz CT molecular complexity index is 1380. The molecule has 182 valence electrons. The summed E-state index contributed by atoms with van der Waals surface area (Å²) in [5, 5.41) is 3.74. The monoisotopic (exact) mass is 518 g/mol. The molecule has 0 aliphatic heterocycles. The van der Waals surface area contributed by atoms with Gasteiger partial charge in [-0.2, -0.15) is 13.2 Å². The summed E-state index contributed by atoms with van der Waals surface area (Å²) in [7, 11) is 1.61. The topological polar surface area (TPSA) is 52.0 Å². The third-order valence-corrected chi connectivity index (χ3v) is 7.45. The van der Waals surface area contributed by atoms with Crippen molar-refractivity contribution in [2.75, 3.05) is 12.4 Å². The first-order valence-electron chi connectivity index (χ1n) is 11.0. The summed E-state index contributed by atoms with van der Waals surface area (Å²) in [5.74, 6) is 0.470. The zero-order valence-corrected chi connectivity index (χ0v) is 20.6. The fourth-order valence-electron chi connectivity index (χ4n) is 4.42. The molecule has 1 aliphatic rings. The first kappa shape index (κ1) is 23.7. The van der Waals surface area contributed by atoms with Crippen molar-refractivity contribution in [1.82, 2.24) is 14.5 Å². The van der Waals surface area contributed by atoms with Crippen LogP contribution in [0.15, 0.2) is 48.9 Å². The number of alkyl halides is 3. The zero-order chi connectivity index (χ0) is 24.7. The molecule has 1 N–H and O–H groups in total. The van der Waals surface area contributed by atoms with Crippen molar-refractivity contribution in [1.29, 1.82) is 0 Å². The predicted molar refractivity (Wildman–Crippen MR) is 131 cm³/mol. The summed E-state index contributed by atoms with van der Waals surface area (Å²) < 4.78 is 47.7. The van der Waals surface area contributed by atoms with Crippen LogP contribution in [-0.4, -0.2) is 21.6 Å². The van der Waals surface area contributed by atoms with Crippen LogP contribution in [0.4, 0.5) is 24.0 Å². The van der Waals surface area contributed by atoms with Gasteiger partial charge in [0, 0.05) is 28.7 Å². The number of hydrogen-bond donors (Lipinski definition) is 1. The second-order valence-electron chi connectivity index (χ2n) is 8.44. The molecule has 10 heteroatoms. The summed E-state index contributed by atoms with van der Waals surface area (Å²) in [6, 6.07) is 9.92. The third kappa shape index (κ3) is 4.75. The molecule has 0 bridgehead atoms. The van der Waals surface area contributed by atoms with E-state index in [1.54, 1.807) is 19.5 Å². The molecule has 1 atom stereocenters. The molecule has 5 nitrogen and oxygen atoms in total. The number of nitrogens with one attached hydrogen (secondary N) is 1. The van der Waals surface area contributed by atoms with E-state index in [0.717, 1.165) is 53.0 Å². The summed E-state index contributed by atoms with van der Waals surface area (Å²) >= 11 is 7.36. The van der Waals surface area contributed by atoms with E-state index in [1.807, 2.05) is 35.9 Å². The molecule has 0 saturated carbocycles. The van der Waals surface area contributed by atoms with E-state index >= 15 is 0 Å². The lowest BCUT2D eigenvalue weighted by atomic mass is 9.85. The van der Waals surface area contributed by atoms with Crippen molar-refractivity contribution in [3.63, 3.8) is 0 Å². The van der Waals surface area contributed by atoms with Crippen LogP contribution in [0.2, 0.25) is 5.02 Å². The molecule has 2 heterocycles. The molecule has 0 fully saturated rings. The quantitative estimate of drug-likeness (QED) is 0.297. The zero-order valence-electron chi connectivity index (χ0n) is 19.0.